The van der Waals surface area contributed by atoms with Crippen molar-refractivity contribution in [2.45, 2.75) is 46.1 Å². The average molecular weight is 415 g/mol. The summed E-state index contributed by atoms with van der Waals surface area (Å²) in [6.45, 7) is 8.95. The Hall–Kier alpha value is -3.48. The van der Waals surface area contributed by atoms with Gasteiger partial charge in [0.1, 0.15) is 5.82 Å². The Morgan fingerprint density at radius 2 is 1.84 bits per heavy atom. The van der Waals surface area contributed by atoms with Gasteiger partial charge in [-0.1, -0.05) is 17.7 Å². The van der Waals surface area contributed by atoms with Gasteiger partial charge < -0.3 is 9.88 Å². The zero-order valence-electron chi connectivity index (χ0n) is 18.3. The van der Waals surface area contributed by atoms with Crippen molar-refractivity contribution in [1.82, 2.24) is 29.9 Å². The van der Waals surface area contributed by atoms with Gasteiger partial charge in [-0.25, -0.2) is 4.98 Å². The number of hydrogen-bond donors (Lipinski definition) is 1. The molecule has 5 rings (SSSR count). The highest BCUT2D eigenvalue weighted by Crippen LogP contribution is 2.39. The fraction of sp³-hybridized carbons (Fsp3) is 0.333. The van der Waals surface area contributed by atoms with Gasteiger partial charge in [0.25, 0.3) is 5.91 Å². The van der Waals surface area contributed by atoms with Gasteiger partial charge in [0, 0.05) is 6.54 Å². The van der Waals surface area contributed by atoms with Crippen LogP contribution in [0.3, 0.4) is 0 Å². The minimum atomic E-state index is -0.505. The molecule has 0 spiro atoms. The number of aromatic amines is 1. The zero-order valence-corrected chi connectivity index (χ0v) is 18.3. The summed E-state index contributed by atoms with van der Waals surface area (Å²) in [7, 11) is 0. The lowest BCUT2D eigenvalue weighted by molar-refractivity contribution is 0.0605. The molecule has 1 N–H and O–H groups in total. The van der Waals surface area contributed by atoms with Crippen LogP contribution in [-0.2, 0) is 5.54 Å². The van der Waals surface area contributed by atoms with Crippen molar-refractivity contribution in [3.8, 4) is 5.69 Å². The topological polar surface area (TPSA) is 79.7 Å². The molecule has 158 valence electrons. The summed E-state index contributed by atoms with van der Waals surface area (Å²) < 4.78 is 0. The first kappa shape index (κ1) is 19.5. The molecule has 1 saturated heterocycles. The molecule has 2 aromatic carbocycles. The summed E-state index contributed by atoms with van der Waals surface area (Å²) in [5.41, 5.74) is 6.13. The number of rotatable bonds is 3. The van der Waals surface area contributed by atoms with E-state index < -0.39 is 5.54 Å². The number of fused-ring (bicyclic) bond motifs is 1. The van der Waals surface area contributed by atoms with Crippen LogP contribution in [0, 0.1) is 20.8 Å². The van der Waals surface area contributed by atoms with E-state index in [0.717, 1.165) is 40.8 Å². The smallest absolute Gasteiger partial charge is 0.256 e. The molecular weight excluding hydrogens is 388 g/mol. The maximum absolute atomic E-state index is 13.9. The Labute approximate surface area is 181 Å². The number of aryl methyl sites for hydroxylation is 3. The lowest BCUT2D eigenvalue weighted by atomic mass is 9.96. The largest absolute Gasteiger partial charge is 0.340 e. The van der Waals surface area contributed by atoms with Crippen molar-refractivity contribution in [2.75, 3.05) is 6.54 Å². The third-order valence-electron chi connectivity index (χ3n) is 6.33. The molecule has 4 aromatic rings. The Balaban J connectivity index is 1.59. The number of amides is 1. The van der Waals surface area contributed by atoms with E-state index in [0.29, 0.717) is 17.8 Å². The Morgan fingerprint density at radius 1 is 1.06 bits per heavy atom. The van der Waals surface area contributed by atoms with E-state index in [1.165, 1.54) is 10.4 Å². The van der Waals surface area contributed by atoms with Crippen LogP contribution in [0.15, 0.2) is 42.7 Å². The molecule has 2 aromatic heterocycles. The number of carbonyl (C=O) groups is 1. The number of carbonyl (C=O) groups excluding carboxylic acids is 1. The van der Waals surface area contributed by atoms with Gasteiger partial charge in [-0.2, -0.15) is 15.0 Å². The number of nitrogens with one attached hydrogen (secondary N) is 1. The molecule has 1 aliphatic rings. The van der Waals surface area contributed by atoms with Crippen molar-refractivity contribution in [3.05, 3.63) is 70.8 Å². The van der Waals surface area contributed by atoms with E-state index in [-0.39, 0.29) is 5.91 Å². The standard InChI is InChI=1S/C24H26N6O/c1-15-6-7-20(30-25-9-10-26-30)18(13-15)22(31)29-11-5-8-24(29,4)23-27-19-14-16(2)12-17(3)21(19)28-23/h6-7,9-10,12-14H,5,8,11H2,1-4H3,(H,27,28). The van der Waals surface area contributed by atoms with Gasteiger partial charge in [-0.3, -0.25) is 4.79 Å². The van der Waals surface area contributed by atoms with Crippen molar-refractivity contribution in [3.63, 3.8) is 0 Å². The first-order valence-corrected chi connectivity index (χ1v) is 10.6. The van der Waals surface area contributed by atoms with Crippen LogP contribution in [0.1, 0.15) is 52.6 Å². The highest BCUT2D eigenvalue weighted by atomic mass is 16.2. The number of H-pyrrole nitrogens is 1. The quantitative estimate of drug-likeness (QED) is 0.544. The molecule has 7 heteroatoms. The minimum Gasteiger partial charge on any atom is -0.340 e. The number of nitrogens with zero attached hydrogens (tertiary/aromatic N) is 5. The second-order valence-corrected chi connectivity index (χ2v) is 8.74. The molecule has 0 aliphatic carbocycles. The molecule has 1 aliphatic heterocycles. The van der Waals surface area contributed by atoms with Crippen LogP contribution in [0.5, 0.6) is 0 Å². The highest BCUT2D eigenvalue weighted by molar-refractivity contribution is 5.98. The SMILES string of the molecule is Cc1ccc(-n2nccn2)c(C(=O)N2CCCC2(C)c2nc3c(C)cc(C)cc3[nH]2)c1. The monoisotopic (exact) mass is 414 g/mol. The van der Waals surface area contributed by atoms with E-state index in [9.17, 15) is 4.79 Å². The van der Waals surface area contributed by atoms with Crippen LogP contribution in [0.4, 0.5) is 0 Å². The van der Waals surface area contributed by atoms with Crippen LogP contribution < -0.4 is 0 Å². The van der Waals surface area contributed by atoms with Gasteiger partial charge in [-0.05, 0) is 69.9 Å². The predicted octanol–water partition coefficient (Wildman–Crippen LogP) is 4.22. The third-order valence-corrected chi connectivity index (χ3v) is 6.33. The fourth-order valence-electron chi connectivity index (χ4n) is 4.74. The molecule has 1 fully saturated rings. The lowest BCUT2D eigenvalue weighted by Crippen LogP contribution is -2.44. The minimum absolute atomic E-state index is 0.0237. The van der Waals surface area contributed by atoms with Gasteiger partial charge in [0.05, 0.1) is 40.2 Å². The summed E-state index contributed by atoms with van der Waals surface area (Å²) in [5, 5.41) is 8.49. The third kappa shape index (κ3) is 3.12. The number of imidazole rings is 1. The van der Waals surface area contributed by atoms with Crippen LogP contribution in [0.25, 0.3) is 16.7 Å². The van der Waals surface area contributed by atoms with Gasteiger partial charge in [-0.15, -0.1) is 0 Å². The molecule has 3 heterocycles. The van der Waals surface area contributed by atoms with E-state index in [1.54, 1.807) is 12.4 Å². The number of aromatic nitrogens is 5. The van der Waals surface area contributed by atoms with Gasteiger partial charge in [0.2, 0.25) is 0 Å². The summed E-state index contributed by atoms with van der Waals surface area (Å²) in [4.78, 5) is 25.8. The molecule has 7 nitrogen and oxygen atoms in total. The van der Waals surface area contributed by atoms with E-state index in [1.807, 2.05) is 30.0 Å². The maximum Gasteiger partial charge on any atom is 0.256 e. The van der Waals surface area contributed by atoms with Gasteiger partial charge in [0.15, 0.2) is 0 Å². The average Bonchev–Trinajstić information content (AvgIpc) is 3.47. The Bertz CT molecular complexity index is 1290. The number of likely N-dealkylation sites (tertiary alicyclic amines) is 1. The van der Waals surface area contributed by atoms with E-state index in [4.69, 9.17) is 4.98 Å². The molecule has 0 bridgehead atoms. The van der Waals surface area contributed by atoms with Crippen molar-refractivity contribution < 1.29 is 4.79 Å². The number of benzene rings is 2. The summed E-state index contributed by atoms with van der Waals surface area (Å²) in [5.74, 6) is 0.817. The van der Waals surface area contributed by atoms with Crippen LogP contribution in [-0.4, -0.2) is 42.3 Å². The molecular formula is C24H26N6O. The Kier molecular flexibility index (Phi) is 4.43. The molecule has 1 atom stereocenters. The molecule has 31 heavy (non-hydrogen) atoms. The number of hydrogen-bond acceptors (Lipinski definition) is 4. The maximum atomic E-state index is 13.9. The Morgan fingerprint density at radius 3 is 2.61 bits per heavy atom. The predicted molar refractivity (Wildman–Crippen MR) is 119 cm³/mol. The second-order valence-electron chi connectivity index (χ2n) is 8.74. The normalized spacial score (nSPS) is 18.8. The van der Waals surface area contributed by atoms with Crippen LogP contribution >= 0.6 is 0 Å². The zero-order chi connectivity index (χ0) is 21.8. The highest BCUT2D eigenvalue weighted by Gasteiger charge is 2.44. The summed E-state index contributed by atoms with van der Waals surface area (Å²) in [6.07, 6.45) is 5.02. The van der Waals surface area contributed by atoms with E-state index in [2.05, 4.69) is 48.1 Å². The summed E-state index contributed by atoms with van der Waals surface area (Å²) in [6, 6.07) is 10.1. The molecule has 1 unspecified atom stereocenters. The fourth-order valence-corrected chi connectivity index (χ4v) is 4.74. The first-order valence-electron chi connectivity index (χ1n) is 10.6. The van der Waals surface area contributed by atoms with Crippen molar-refractivity contribution >= 4 is 16.9 Å². The molecule has 0 saturated carbocycles. The lowest BCUT2D eigenvalue weighted by Gasteiger charge is -2.34. The summed E-state index contributed by atoms with van der Waals surface area (Å²) >= 11 is 0. The molecule has 1 amide bonds. The van der Waals surface area contributed by atoms with Gasteiger partial charge >= 0.3 is 0 Å². The first-order chi connectivity index (χ1) is 14.9. The molecule has 0 radical (unpaired) electrons. The van der Waals surface area contributed by atoms with E-state index >= 15 is 0 Å². The second kappa shape index (κ2) is 7.04. The van der Waals surface area contributed by atoms with Crippen LogP contribution in [0.2, 0.25) is 0 Å². The van der Waals surface area contributed by atoms with Crippen molar-refractivity contribution in [1.29, 1.82) is 0 Å². The van der Waals surface area contributed by atoms with Crippen molar-refractivity contribution in [2.24, 2.45) is 0 Å².